The average molecular weight is 420 g/mol. The van der Waals surface area contributed by atoms with Crippen LogP contribution < -0.4 is 4.90 Å². The summed E-state index contributed by atoms with van der Waals surface area (Å²) in [4.78, 5) is 24.3. The Morgan fingerprint density at radius 2 is 1.90 bits per heavy atom. The molecule has 0 spiro atoms. The van der Waals surface area contributed by atoms with Gasteiger partial charge in [-0.05, 0) is 36.2 Å². The van der Waals surface area contributed by atoms with Gasteiger partial charge in [-0.1, -0.05) is 37.3 Å². The number of para-hydroxylation sites is 1. The van der Waals surface area contributed by atoms with Crippen molar-refractivity contribution in [2.75, 3.05) is 4.90 Å². The maximum Gasteiger partial charge on any atom is 0.230 e. The first-order valence-electron chi connectivity index (χ1n) is 9.46. The Balaban J connectivity index is 1.54. The minimum absolute atomic E-state index is 0.0390. The molecular weight excluding hydrogens is 398 g/mol. The molecule has 29 heavy (non-hydrogen) atoms. The predicted molar refractivity (Wildman–Crippen MR) is 122 cm³/mol. The molecule has 6 heteroatoms. The molecule has 0 aliphatic heterocycles. The van der Waals surface area contributed by atoms with Crippen LogP contribution in [0.2, 0.25) is 0 Å². The number of anilines is 2. The zero-order valence-electron chi connectivity index (χ0n) is 16.3. The van der Waals surface area contributed by atoms with Crippen LogP contribution in [0.1, 0.15) is 25.1 Å². The summed E-state index contributed by atoms with van der Waals surface area (Å²) >= 11 is 3.24. The smallest absolute Gasteiger partial charge is 0.230 e. The minimum atomic E-state index is -0.0390. The van der Waals surface area contributed by atoms with E-state index in [9.17, 15) is 4.79 Å². The van der Waals surface area contributed by atoms with Crippen LogP contribution in [-0.4, -0.2) is 15.9 Å². The monoisotopic (exact) mass is 419 g/mol. The van der Waals surface area contributed by atoms with Crippen molar-refractivity contribution in [1.29, 1.82) is 0 Å². The van der Waals surface area contributed by atoms with Crippen molar-refractivity contribution < 1.29 is 4.79 Å². The number of pyridine rings is 1. The molecular formula is C23H21N3OS2. The number of rotatable bonds is 6. The van der Waals surface area contributed by atoms with Crippen LogP contribution >= 0.6 is 23.1 Å². The fourth-order valence-electron chi connectivity index (χ4n) is 3.12. The number of hydrogen-bond acceptors (Lipinski definition) is 5. The quantitative estimate of drug-likeness (QED) is 0.348. The Bertz CT molecular complexity index is 1130. The van der Waals surface area contributed by atoms with Crippen molar-refractivity contribution in [1.82, 2.24) is 9.97 Å². The highest BCUT2D eigenvalue weighted by molar-refractivity contribution is 7.98. The number of thiazole rings is 1. The number of aromatic nitrogens is 2. The van der Waals surface area contributed by atoms with Gasteiger partial charge in [-0.3, -0.25) is 14.7 Å². The third-order valence-corrected chi connectivity index (χ3v) is 6.61. The zero-order valence-corrected chi connectivity index (χ0v) is 18.0. The Morgan fingerprint density at radius 3 is 2.66 bits per heavy atom. The van der Waals surface area contributed by atoms with Crippen LogP contribution in [0.3, 0.4) is 0 Å². The van der Waals surface area contributed by atoms with Gasteiger partial charge in [0.15, 0.2) is 5.13 Å². The van der Waals surface area contributed by atoms with Gasteiger partial charge in [0.1, 0.15) is 0 Å². The average Bonchev–Trinajstić information content (AvgIpc) is 3.21. The lowest BCUT2D eigenvalue weighted by molar-refractivity contribution is -0.115. The summed E-state index contributed by atoms with van der Waals surface area (Å²) in [5.74, 6) is 0.702. The van der Waals surface area contributed by atoms with Crippen LogP contribution in [0.15, 0.2) is 71.1 Å². The molecule has 0 aliphatic carbocycles. The predicted octanol–water partition coefficient (Wildman–Crippen LogP) is 6.23. The molecule has 0 bridgehead atoms. The van der Waals surface area contributed by atoms with Crippen molar-refractivity contribution in [2.24, 2.45) is 0 Å². The van der Waals surface area contributed by atoms with E-state index in [1.807, 2.05) is 48.0 Å². The van der Waals surface area contributed by atoms with Crippen LogP contribution in [0, 0.1) is 0 Å². The number of aryl methyl sites for hydroxylation is 1. The second kappa shape index (κ2) is 8.76. The van der Waals surface area contributed by atoms with Crippen LogP contribution in [0.25, 0.3) is 10.9 Å². The molecule has 0 saturated carbocycles. The third-order valence-electron chi connectivity index (χ3n) is 4.63. The molecule has 0 unspecified atom stereocenters. The molecule has 0 N–H and O–H groups in total. The summed E-state index contributed by atoms with van der Waals surface area (Å²) in [6.45, 7) is 3.70. The molecule has 0 saturated heterocycles. The molecule has 0 aliphatic rings. The lowest BCUT2D eigenvalue weighted by Gasteiger charge is -2.18. The number of carbonyl (C=O) groups excluding carboxylic acids is 1. The van der Waals surface area contributed by atoms with Gasteiger partial charge in [0.25, 0.3) is 0 Å². The van der Waals surface area contributed by atoms with Gasteiger partial charge in [-0.2, -0.15) is 0 Å². The number of thioether (sulfide) groups is 1. The molecule has 1 amide bonds. The lowest BCUT2D eigenvalue weighted by Crippen LogP contribution is -2.22. The first kappa shape index (κ1) is 19.6. The highest BCUT2D eigenvalue weighted by Gasteiger charge is 2.18. The van der Waals surface area contributed by atoms with E-state index in [0.29, 0.717) is 5.13 Å². The van der Waals surface area contributed by atoms with Crippen molar-refractivity contribution in [3.05, 3.63) is 77.4 Å². The van der Waals surface area contributed by atoms with Crippen molar-refractivity contribution in [3.8, 4) is 0 Å². The van der Waals surface area contributed by atoms with E-state index in [-0.39, 0.29) is 5.91 Å². The first-order valence-corrected chi connectivity index (χ1v) is 11.3. The van der Waals surface area contributed by atoms with E-state index in [0.717, 1.165) is 34.5 Å². The van der Waals surface area contributed by atoms with Crippen LogP contribution in [0.5, 0.6) is 0 Å². The Hall–Kier alpha value is -2.70. The van der Waals surface area contributed by atoms with Crippen molar-refractivity contribution in [2.45, 2.75) is 30.9 Å². The highest BCUT2D eigenvalue weighted by atomic mass is 32.2. The van der Waals surface area contributed by atoms with Crippen LogP contribution in [0.4, 0.5) is 10.8 Å². The van der Waals surface area contributed by atoms with E-state index in [4.69, 9.17) is 4.98 Å². The SMILES string of the molecule is CCc1ccc(N(C(C)=O)c2nc(CSc3ccnc4ccccc34)cs2)cc1. The van der Waals surface area contributed by atoms with E-state index >= 15 is 0 Å². The third kappa shape index (κ3) is 4.33. The molecule has 0 fully saturated rings. The number of hydrogen-bond donors (Lipinski definition) is 0. The van der Waals surface area contributed by atoms with Gasteiger partial charge < -0.3 is 0 Å². The lowest BCUT2D eigenvalue weighted by atomic mass is 10.1. The van der Waals surface area contributed by atoms with Gasteiger partial charge in [0.05, 0.1) is 16.9 Å². The fraction of sp³-hybridized carbons (Fsp3) is 0.174. The molecule has 4 rings (SSSR count). The van der Waals surface area contributed by atoms with Gasteiger partial charge in [0.2, 0.25) is 5.91 Å². The Labute approximate surface area is 178 Å². The maximum atomic E-state index is 12.3. The number of amides is 1. The summed E-state index contributed by atoms with van der Waals surface area (Å²) < 4.78 is 0. The van der Waals surface area contributed by atoms with E-state index in [2.05, 4.69) is 30.1 Å². The van der Waals surface area contributed by atoms with Crippen LogP contribution in [-0.2, 0) is 17.0 Å². The van der Waals surface area contributed by atoms with Crippen molar-refractivity contribution in [3.63, 3.8) is 0 Å². The fourth-order valence-corrected chi connectivity index (χ4v) is 5.05. The molecule has 2 aromatic carbocycles. The summed E-state index contributed by atoms with van der Waals surface area (Å²) in [6, 6.07) is 18.3. The first-order chi connectivity index (χ1) is 14.2. The highest BCUT2D eigenvalue weighted by Crippen LogP contribution is 2.33. The van der Waals surface area contributed by atoms with Gasteiger partial charge in [0, 0.05) is 34.5 Å². The number of fused-ring (bicyclic) bond motifs is 1. The number of carbonyl (C=O) groups is 1. The summed E-state index contributed by atoms with van der Waals surface area (Å²) in [5.41, 5.74) is 4.06. The summed E-state index contributed by atoms with van der Waals surface area (Å²) in [6.07, 6.45) is 2.82. The van der Waals surface area contributed by atoms with Crippen molar-refractivity contribution >= 4 is 50.7 Å². The number of benzene rings is 2. The van der Waals surface area contributed by atoms with E-state index in [1.165, 1.54) is 21.8 Å². The molecule has 4 aromatic rings. The van der Waals surface area contributed by atoms with E-state index < -0.39 is 0 Å². The van der Waals surface area contributed by atoms with Gasteiger partial charge in [-0.25, -0.2) is 4.98 Å². The molecule has 4 nitrogen and oxygen atoms in total. The maximum absolute atomic E-state index is 12.3. The van der Waals surface area contributed by atoms with Gasteiger partial charge in [-0.15, -0.1) is 23.1 Å². The largest absolute Gasteiger partial charge is 0.274 e. The molecule has 2 aromatic heterocycles. The topological polar surface area (TPSA) is 46.1 Å². The molecule has 146 valence electrons. The Morgan fingerprint density at radius 1 is 1.10 bits per heavy atom. The Kier molecular flexibility index (Phi) is 5.92. The second-order valence-electron chi connectivity index (χ2n) is 6.61. The minimum Gasteiger partial charge on any atom is -0.274 e. The number of nitrogens with zero attached hydrogens (tertiary/aromatic N) is 3. The molecule has 2 heterocycles. The summed E-state index contributed by atoms with van der Waals surface area (Å²) in [5, 5.41) is 3.89. The standard InChI is InChI=1S/C23H21N3OS2/c1-3-17-8-10-19(11-9-17)26(16(2)27)23-25-18(15-29-23)14-28-22-12-13-24-21-7-5-4-6-20(21)22/h4-13,15H,3,14H2,1-2H3. The second-order valence-corrected chi connectivity index (χ2v) is 8.46. The summed E-state index contributed by atoms with van der Waals surface area (Å²) in [7, 11) is 0. The molecule has 0 atom stereocenters. The zero-order chi connectivity index (χ0) is 20.2. The normalized spacial score (nSPS) is 11.0. The van der Waals surface area contributed by atoms with Gasteiger partial charge >= 0.3 is 0 Å². The van der Waals surface area contributed by atoms with E-state index in [1.54, 1.807) is 23.6 Å². The molecule has 0 radical (unpaired) electrons.